The van der Waals surface area contributed by atoms with Crippen LogP contribution < -0.4 is 5.32 Å². The maximum absolute atomic E-state index is 5.47. The molecule has 3 heteroatoms. The van der Waals surface area contributed by atoms with Gasteiger partial charge in [-0.25, -0.2) is 0 Å². The van der Waals surface area contributed by atoms with Crippen LogP contribution in [0.2, 0.25) is 0 Å². The molecular weight excluding hydrogens is 206 g/mol. The maximum atomic E-state index is 5.47. The van der Waals surface area contributed by atoms with Crippen LogP contribution >= 0.6 is 11.8 Å². The van der Waals surface area contributed by atoms with Crippen LogP contribution in [-0.4, -0.2) is 38.3 Å². The van der Waals surface area contributed by atoms with E-state index in [9.17, 15) is 0 Å². The van der Waals surface area contributed by atoms with Crippen molar-refractivity contribution >= 4 is 11.8 Å². The van der Waals surface area contributed by atoms with E-state index in [-0.39, 0.29) is 0 Å². The topological polar surface area (TPSA) is 21.3 Å². The number of thioether (sulfide) groups is 1. The molecule has 1 rings (SSSR count). The lowest BCUT2D eigenvalue weighted by atomic mass is 9.76. The average Bonchev–Trinajstić information content (AvgIpc) is 2.26. The first-order chi connectivity index (χ1) is 7.33. The highest BCUT2D eigenvalue weighted by Crippen LogP contribution is 2.35. The van der Waals surface area contributed by atoms with Crippen molar-refractivity contribution in [2.45, 2.75) is 32.6 Å². The minimum atomic E-state index is 0.529. The normalized spacial score (nSPS) is 20.4. The van der Waals surface area contributed by atoms with Gasteiger partial charge in [0.2, 0.25) is 0 Å². The molecule has 0 aromatic heterocycles. The monoisotopic (exact) mass is 231 g/mol. The Morgan fingerprint density at radius 3 is 2.67 bits per heavy atom. The molecular formula is C12H25NOS. The lowest BCUT2D eigenvalue weighted by Crippen LogP contribution is -2.38. The van der Waals surface area contributed by atoms with Gasteiger partial charge in [-0.1, -0.05) is 6.92 Å². The SMILES string of the molecule is CCSCCCC1(CNC)CCOCC1. The molecule has 0 spiro atoms. The first-order valence-electron chi connectivity index (χ1n) is 6.13. The molecule has 0 saturated carbocycles. The third-order valence-corrected chi connectivity index (χ3v) is 4.29. The van der Waals surface area contributed by atoms with Crippen molar-refractivity contribution in [3.8, 4) is 0 Å². The van der Waals surface area contributed by atoms with Crippen molar-refractivity contribution in [1.29, 1.82) is 0 Å². The standard InChI is InChI=1S/C12H25NOS/c1-3-15-10-4-5-12(11-13-2)6-8-14-9-7-12/h13H,3-11H2,1-2H3. The van der Waals surface area contributed by atoms with Gasteiger partial charge in [-0.3, -0.25) is 0 Å². The van der Waals surface area contributed by atoms with Gasteiger partial charge < -0.3 is 10.1 Å². The van der Waals surface area contributed by atoms with Crippen molar-refractivity contribution < 1.29 is 4.74 Å². The fourth-order valence-corrected chi connectivity index (χ4v) is 3.03. The van der Waals surface area contributed by atoms with Crippen LogP contribution in [0.4, 0.5) is 0 Å². The van der Waals surface area contributed by atoms with Crippen molar-refractivity contribution in [3.63, 3.8) is 0 Å². The highest BCUT2D eigenvalue weighted by Gasteiger charge is 2.31. The molecule has 0 atom stereocenters. The van der Waals surface area contributed by atoms with Crippen LogP contribution in [0.15, 0.2) is 0 Å². The number of ether oxygens (including phenoxy) is 1. The summed E-state index contributed by atoms with van der Waals surface area (Å²) in [6, 6.07) is 0. The Hall–Kier alpha value is 0.270. The number of rotatable bonds is 7. The molecule has 90 valence electrons. The third kappa shape index (κ3) is 4.75. The molecule has 1 aliphatic heterocycles. The Morgan fingerprint density at radius 1 is 1.33 bits per heavy atom. The Kier molecular flexibility index (Phi) is 6.69. The number of hydrogen-bond donors (Lipinski definition) is 1. The van der Waals surface area contributed by atoms with E-state index in [0.29, 0.717) is 5.41 Å². The molecule has 1 aliphatic rings. The molecule has 1 fully saturated rings. The molecule has 15 heavy (non-hydrogen) atoms. The summed E-state index contributed by atoms with van der Waals surface area (Å²) in [5.74, 6) is 2.57. The first kappa shape index (κ1) is 13.3. The lowest BCUT2D eigenvalue weighted by Gasteiger charge is -2.37. The Balaban J connectivity index is 2.28. The summed E-state index contributed by atoms with van der Waals surface area (Å²) in [5.41, 5.74) is 0.529. The zero-order chi connectivity index (χ0) is 11.0. The number of hydrogen-bond acceptors (Lipinski definition) is 3. The van der Waals surface area contributed by atoms with Gasteiger partial charge in [-0.05, 0) is 49.7 Å². The summed E-state index contributed by atoms with van der Waals surface area (Å²) in [4.78, 5) is 0. The van der Waals surface area contributed by atoms with Crippen LogP contribution in [0, 0.1) is 5.41 Å². The van der Waals surface area contributed by atoms with Gasteiger partial charge in [0.25, 0.3) is 0 Å². The smallest absolute Gasteiger partial charge is 0.0471 e. The molecule has 0 amide bonds. The summed E-state index contributed by atoms with van der Waals surface area (Å²) in [6.45, 7) is 5.32. The average molecular weight is 231 g/mol. The highest BCUT2D eigenvalue weighted by atomic mass is 32.2. The maximum Gasteiger partial charge on any atom is 0.0471 e. The number of nitrogens with one attached hydrogen (secondary N) is 1. The molecule has 1 heterocycles. The van der Waals surface area contributed by atoms with Crippen molar-refractivity contribution in [3.05, 3.63) is 0 Å². The van der Waals surface area contributed by atoms with Crippen molar-refractivity contribution in [1.82, 2.24) is 5.32 Å². The predicted molar refractivity (Wildman–Crippen MR) is 68.6 cm³/mol. The first-order valence-corrected chi connectivity index (χ1v) is 7.28. The van der Waals surface area contributed by atoms with Crippen LogP contribution in [0.1, 0.15) is 32.6 Å². The second-order valence-electron chi connectivity index (χ2n) is 4.44. The Morgan fingerprint density at radius 2 is 2.07 bits per heavy atom. The van der Waals surface area contributed by atoms with Gasteiger partial charge in [0, 0.05) is 19.8 Å². The Bertz CT molecular complexity index is 152. The quantitative estimate of drug-likeness (QED) is 0.680. The Labute approximate surface area is 98.5 Å². The van der Waals surface area contributed by atoms with E-state index in [0.717, 1.165) is 19.8 Å². The van der Waals surface area contributed by atoms with Crippen LogP contribution in [-0.2, 0) is 4.74 Å². The molecule has 0 aromatic rings. The van der Waals surface area contributed by atoms with E-state index in [1.807, 2.05) is 0 Å². The molecule has 2 nitrogen and oxygen atoms in total. The summed E-state index contributed by atoms with van der Waals surface area (Å²) >= 11 is 2.06. The van der Waals surface area contributed by atoms with Gasteiger partial charge in [-0.15, -0.1) is 0 Å². The summed E-state index contributed by atoms with van der Waals surface area (Å²) < 4.78 is 5.47. The molecule has 1 saturated heterocycles. The van der Waals surface area contributed by atoms with Gasteiger partial charge in [-0.2, -0.15) is 11.8 Å². The van der Waals surface area contributed by atoms with E-state index < -0.39 is 0 Å². The third-order valence-electron chi connectivity index (χ3n) is 3.31. The molecule has 1 N–H and O–H groups in total. The van der Waals surface area contributed by atoms with E-state index in [1.165, 1.54) is 37.2 Å². The van der Waals surface area contributed by atoms with E-state index in [1.54, 1.807) is 0 Å². The van der Waals surface area contributed by atoms with Gasteiger partial charge in [0.05, 0.1) is 0 Å². The molecule has 0 aromatic carbocycles. The minimum absolute atomic E-state index is 0.529. The van der Waals surface area contributed by atoms with Crippen LogP contribution in [0.3, 0.4) is 0 Å². The minimum Gasteiger partial charge on any atom is -0.381 e. The highest BCUT2D eigenvalue weighted by molar-refractivity contribution is 7.99. The fraction of sp³-hybridized carbons (Fsp3) is 1.00. The lowest BCUT2D eigenvalue weighted by molar-refractivity contribution is 0.0111. The molecule has 0 unspecified atom stereocenters. The van der Waals surface area contributed by atoms with Crippen molar-refractivity contribution in [2.75, 3.05) is 38.3 Å². The fourth-order valence-electron chi connectivity index (χ4n) is 2.39. The molecule has 0 bridgehead atoms. The van der Waals surface area contributed by atoms with Crippen LogP contribution in [0.5, 0.6) is 0 Å². The second kappa shape index (κ2) is 7.53. The van der Waals surface area contributed by atoms with E-state index >= 15 is 0 Å². The molecule has 0 radical (unpaired) electrons. The summed E-state index contributed by atoms with van der Waals surface area (Å²) in [7, 11) is 2.07. The zero-order valence-electron chi connectivity index (χ0n) is 10.2. The van der Waals surface area contributed by atoms with Crippen LogP contribution in [0.25, 0.3) is 0 Å². The van der Waals surface area contributed by atoms with E-state index in [2.05, 4.69) is 31.1 Å². The van der Waals surface area contributed by atoms with Crippen molar-refractivity contribution in [2.24, 2.45) is 5.41 Å². The summed E-state index contributed by atoms with van der Waals surface area (Å²) in [5, 5.41) is 3.36. The predicted octanol–water partition coefficient (Wildman–Crippen LogP) is 2.54. The second-order valence-corrected chi connectivity index (χ2v) is 5.84. The van der Waals surface area contributed by atoms with E-state index in [4.69, 9.17) is 4.74 Å². The largest absolute Gasteiger partial charge is 0.381 e. The van der Waals surface area contributed by atoms with Gasteiger partial charge in [0.1, 0.15) is 0 Å². The zero-order valence-corrected chi connectivity index (χ0v) is 11.0. The van der Waals surface area contributed by atoms with Gasteiger partial charge in [0.15, 0.2) is 0 Å². The summed E-state index contributed by atoms with van der Waals surface area (Å²) in [6.07, 6.45) is 5.21. The van der Waals surface area contributed by atoms with Gasteiger partial charge >= 0.3 is 0 Å². The molecule has 0 aliphatic carbocycles.